The number of hydrogen-bond acceptors (Lipinski definition) is 3. The SMILES string of the molecule is CON1C(=O)C[C@H](O)[C@H]1C. The molecule has 1 N–H and O–H groups in total. The van der Waals surface area contributed by atoms with E-state index in [1.165, 1.54) is 12.2 Å². The average molecular weight is 145 g/mol. The predicted molar refractivity (Wildman–Crippen MR) is 33.9 cm³/mol. The average Bonchev–Trinajstić information content (AvgIpc) is 2.09. The molecule has 1 aliphatic heterocycles. The first kappa shape index (κ1) is 7.50. The molecule has 0 saturated carbocycles. The number of carbonyl (C=O) groups excluding carboxylic acids is 1. The molecular formula is C6H11NO3. The summed E-state index contributed by atoms with van der Waals surface area (Å²) in [5, 5.41) is 10.3. The lowest BCUT2D eigenvalue weighted by molar-refractivity contribution is -0.178. The second kappa shape index (κ2) is 2.56. The van der Waals surface area contributed by atoms with E-state index in [2.05, 4.69) is 0 Å². The lowest BCUT2D eigenvalue weighted by Crippen LogP contribution is -2.33. The minimum atomic E-state index is -0.576. The van der Waals surface area contributed by atoms with Crippen molar-refractivity contribution in [3.63, 3.8) is 0 Å². The lowest BCUT2D eigenvalue weighted by Gasteiger charge is -2.18. The van der Waals surface area contributed by atoms with Crippen LogP contribution in [0.15, 0.2) is 0 Å². The van der Waals surface area contributed by atoms with Gasteiger partial charge in [-0.3, -0.25) is 9.63 Å². The van der Waals surface area contributed by atoms with E-state index in [0.29, 0.717) is 0 Å². The van der Waals surface area contributed by atoms with Crippen molar-refractivity contribution in [1.82, 2.24) is 5.06 Å². The summed E-state index contributed by atoms with van der Waals surface area (Å²) < 4.78 is 0. The summed E-state index contributed by atoms with van der Waals surface area (Å²) in [6, 6.07) is -0.211. The van der Waals surface area contributed by atoms with Crippen molar-refractivity contribution in [3.05, 3.63) is 0 Å². The van der Waals surface area contributed by atoms with Gasteiger partial charge >= 0.3 is 0 Å². The Hall–Kier alpha value is -0.610. The molecule has 1 rings (SSSR count). The van der Waals surface area contributed by atoms with Crippen LogP contribution >= 0.6 is 0 Å². The van der Waals surface area contributed by atoms with Gasteiger partial charge in [0, 0.05) is 0 Å². The molecule has 0 aromatic heterocycles. The van der Waals surface area contributed by atoms with Crippen LogP contribution in [0, 0.1) is 0 Å². The Kier molecular flexibility index (Phi) is 1.92. The van der Waals surface area contributed by atoms with Crippen LogP contribution in [0.5, 0.6) is 0 Å². The van der Waals surface area contributed by atoms with Gasteiger partial charge in [-0.15, -0.1) is 0 Å². The molecule has 2 atom stereocenters. The van der Waals surface area contributed by atoms with Crippen molar-refractivity contribution >= 4 is 5.91 Å². The maximum atomic E-state index is 10.9. The van der Waals surface area contributed by atoms with Crippen LogP contribution < -0.4 is 0 Å². The summed E-state index contributed by atoms with van der Waals surface area (Å²) in [5.74, 6) is -0.150. The molecule has 1 saturated heterocycles. The molecule has 58 valence electrons. The normalized spacial score (nSPS) is 33.5. The van der Waals surface area contributed by atoms with Crippen LogP contribution in [0.1, 0.15) is 13.3 Å². The number of hydrogen-bond donors (Lipinski definition) is 1. The highest BCUT2D eigenvalue weighted by atomic mass is 16.7. The first-order chi connectivity index (χ1) is 4.66. The van der Waals surface area contributed by atoms with Crippen molar-refractivity contribution < 1.29 is 14.7 Å². The Balaban J connectivity index is 2.64. The second-order valence-electron chi connectivity index (χ2n) is 2.41. The highest BCUT2D eigenvalue weighted by molar-refractivity contribution is 5.78. The van der Waals surface area contributed by atoms with Gasteiger partial charge in [-0.1, -0.05) is 0 Å². The third-order valence-corrected chi connectivity index (χ3v) is 1.75. The molecule has 1 heterocycles. The molecule has 0 aliphatic carbocycles. The van der Waals surface area contributed by atoms with E-state index < -0.39 is 6.10 Å². The Bertz CT molecular complexity index is 148. The third-order valence-electron chi connectivity index (χ3n) is 1.75. The zero-order valence-electron chi connectivity index (χ0n) is 6.07. The Morgan fingerprint density at radius 3 is 2.60 bits per heavy atom. The van der Waals surface area contributed by atoms with Crippen LogP contribution in [-0.2, 0) is 9.63 Å². The molecular weight excluding hydrogens is 134 g/mol. The van der Waals surface area contributed by atoms with E-state index in [4.69, 9.17) is 9.94 Å². The van der Waals surface area contributed by atoms with Crippen LogP contribution in [0.25, 0.3) is 0 Å². The first-order valence-corrected chi connectivity index (χ1v) is 3.21. The van der Waals surface area contributed by atoms with Crippen molar-refractivity contribution in [2.45, 2.75) is 25.5 Å². The zero-order valence-corrected chi connectivity index (χ0v) is 6.07. The van der Waals surface area contributed by atoms with Crippen LogP contribution in [0.2, 0.25) is 0 Å². The summed E-state index contributed by atoms with van der Waals surface area (Å²) in [7, 11) is 1.42. The van der Waals surface area contributed by atoms with Crippen molar-refractivity contribution in [1.29, 1.82) is 0 Å². The van der Waals surface area contributed by atoms with E-state index in [1.807, 2.05) is 0 Å². The number of hydroxylamine groups is 2. The molecule has 10 heavy (non-hydrogen) atoms. The molecule has 1 fully saturated rings. The second-order valence-corrected chi connectivity index (χ2v) is 2.41. The van der Waals surface area contributed by atoms with Crippen LogP contribution in [0.3, 0.4) is 0 Å². The largest absolute Gasteiger partial charge is 0.390 e. The molecule has 0 radical (unpaired) electrons. The third kappa shape index (κ3) is 0.998. The Labute approximate surface area is 59.3 Å². The number of carbonyl (C=O) groups is 1. The van der Waals surface area contributed by atoms with E-state index in [1.54, 1.807) is 6.92 Å². The molecule has 1 aliphatic rings. The summed E-state index contributed by atoms with van der Waals surface area (Å²) in [4.78, 5) is 15.6. The van der Waals surface area contributed by atoms with Gasteiger partial charge in [0.2, 0.25) is 5.91 Å². The molecule has 0 spiro atoms. The standard InChI is InChI=1S/C6H11NO3/c1-4-5(8)3-6(9)7(4)10-2/h4-5,8H,3H2,1-2H3/t4-,5+/m1/s1. The fourth-order valence-corrected chi connectivity index (χ4v) is 1.09. The van der Waals surface area contributed by atoms with Crippen molar-refractivity contribution in [3.8, 4) is 0 Å². The van der Waals surface area contributed by atoms with Gasteiger partial charge in [-0.05, 0) is 6.92 Å². The highest BCUT2D eigenvalue weighted by Gasteiger charge is 2.35. The van der Waals surface area contributed by atoms with Gasteiger partial charge < -0.3 is 5.11 Å². The smallest absolute Gasteiger partial charge is 0.249 e. The van der Waals surface area contributed by atoms with Gasteiger partial charge in [0.25, 0.3) is 0 Å². The van der Waals surface area contributed by atoms with E-state index in [-0.39, 0.29) is 18.4 Å². The quantitative estimate of drug-likeness (QED) is 0.542. The van der Waals surface area contributed by atoms with Gasteiger partial charge in [0.05, 0.1) is 25.7 Å². The van der Waals surface area contributed by atoms with Gasteiger partial charge in [0.1, 0.15) is 0 Å². The van der Waals surface area contributed by atoms with Crippen molar-refractivity contribution in [2.24, 2.45) is 0 Å². The van der Waals surface area contributed by atoms with Gasteiger partial charge in [-0.2, -0.15) is 0 Å². The predicted octanol–water partition coefficient (Wildman–Crippen LogP) is -0.470. The molecule has 0 unspecified atom stereocenters. The molecule has 4 heteroatoms. The minimum absolute atomic E-state index is 0.150. The number of rotatable bonds is 1. The minimum Gasteiger partial charge on any atom is -0.390 e. The number of aliphatic hydroxyl groups excluding tert-OH is 1. The molecule has 4 nitrogen and oxygen atoms in total. The van der Waals surface area contributed by atoms with E-state index in [9.17, 15) is 4.79 Å². The molecule has 0 aromatic carbocycles. The number of nitrogens with zero attached hydrogens (tertiary/aromatic N) is 1. The van der Waals surface area contributed by atoms with Crippen LogP contribution in [-0.4, -0.2) is 35.3 Å². The fraction of sp³-hybridized carbons (Fsp3) is 0.833. The summed E-state index contributed by atoms with van der Waals surface area (Å²) in [6.45, 7) is 1.75. The molecule has 0 bridgehead atoms. The number of amides is 1. The Morgan fingerprint density at radius 1 is 1.80 bits per heavy atom. The van der Waals surface area contributed by atoms with Crippen molar-refractivity contribution in [2.75, 3.05) is 7.11 Å². The monoisotopic (exact) mass is 145 g/mol. The van der Waals surface area contributed by atoms with Gasteiger partial charge in [-0.25, -0.2) is 5.06 Å². The lowest BCUT2D eigenvalue weighted by atomic mass is 10.2. The topological polar surface area (TPSA) is 49.8 Å². The van der Waals surface area contributed by atoms with Gasteiger partial charge in [0.15, 0.2) is 0 Å². The first-order valence-electron chi connectivity index (χ1n) is 3.21. The van der Waals surface area contributed by atoms with E-state index in [0.717, 1.165) is 0 Å². The molecule has 1 amide bonds. The number of aliphatic hydroxyl groups is 1. The zero-order chi connectivity index (χ0) is 7.72. The van der Waals surface area contributed by atoms with Crippen LogP contribution in [0.4, 0.5) is 0 Å². The highest BCUT2D eigenvalue weighted by Crippen LogP contribution is 2.17. The Morgan fingerprint density at radius 2 is 2.40 bits per heavy atom. The fourth-order valence-electron chi connectivity index (χ4n) is 1.09. The molecule has 0 aromatic rings. The maximum Gasteiger partial charge on any atom is 0.249 e. The summed E-state index contributed by atoms with van der Waals surface area (Å²) in [5.41, 5.74) is 0. The maximum absolute atomic E-state index is 10.9. The summed E-state index contributed by atoms with van der Waals surface area (Å²) >= 11 is 0. The summed E-state index contributed by atoms with van der Waals surface area (Å²) in [6.07, 6.45) is -0.401. The van der Waals surface area contributed by atoms with E-state index >= 15 is 0 Å².